The predicted molar refractivity (Wildman–Crippen MR) is 133 cm³/mol. The van der Waals surface area contributed by atoms with Crippen LogP contribution in [0.5, 0.6) is 11.5 Å². The van der Waals surface area contributed by atoms with Crippen molar-refractivity contribution in [3.05, 3.63) is 99.2 Å². The Morgan fingerprint density at radius 3 is 2.46 bits per heavy atom. The first-order valence-electron chi connectivity index (χ1n) is 11.5. The van der Waals surface area contributed by atoms with Crippen molar-refractivity contribution in [2.75, 3.05) is 17.2 Å². The van der Waals surface area contributed by atoms with Gasteiger partial charge in [0.1, 0.15) is 0 Å². The number of benzene rings is 3. The number of carbonyl (C=O) groups excluding carboxylic acids is 1. The van der Waals surface area contributed by atoms with Crippen LogP contribution in [-0.4, -0.2) is 22.4 Å². The number of phenols is 1. The maximum atomic E-state index is 13.6. The molecule has 0 unspecified atom stereocenters. The molecule has 0 spiro atoms. The van der Waals surface area contributed by atoms with E-state index in [4.69, 9.17) is 4.74 Å². The van der Waals surface area contributed by atoms with Crippen molar-refractivity contribution in [2.24, 2.45) is 0 Å². The number of ketones is 1. The highest BCUT2D eigenvalue weighted by atomic mass is 16.6. The molecule has 3 N–H and O–H groups in total. The van der Waals surface area contributed by atoms with Crippen molar-refractivity contribution in [2.45, 2.75) is 31.7 Å². The van der Waals surface area contributed by atoms with Crippen LogP contribution in [0.2, 0.25) is 0 Å². The standard InChI is InChI=1S/C27H25N3O5/c1-2-35-24-15-18(13-22(27(24)32)30(33)34)26-25-21(28-19-10-6-7-11-20(19)29-26)12-17(14-23(25)31)16-8-4-3-5-9-16/h3-11,13,15,17,26,28-29,32H,2,12,14H2,1H3/t17-,26+/m1/s1. The summed E-state index contributed by atoms with van der Waals surface area (Å²) in [5.74, 6) is -0.529. The molecule has 0 fully saturated rings. The summed E-state index contributed by atoms with van der Waals surface area (Å²) in [5.41, 5.74) is 4.01. The van der Waals surface area contributed by atoms with E-state index in [0.717, 1.165) is 22.6 Å². The first-order valence-corrected chi connectivity index (χ1v) is 11.5. The van der Waals surface area contributed by atoms with Crippen LogP contribution in [0, 0.1) is 10.1 Å². The second-order valence-corrected chi connectivity index (χ2v) is 8.66. The molecular formula is C27H25N3O5. The quantitative estimate of drug-likeness (QED) is 0.324. The summed E-state index contributed by atoms with van der Waals surface area (Å²) < 4.78 is 5.50. The highest BCUT2D eigenvalue weighted by Crippen LogP contribution is 2.47. The molecule has 3 aromatic rings. The third-order valence-electron chi connectivity index (χ3n) is 6.49. The zero-order valence-electron chi connectivity index (χ0n) is 19.2. The number of para-hydroxylation sites is 2. The molecule has 0 bridgehead atoms. The Morgan fingerprint density at radius 1 is 1.03 bits per heavy atom. The third-order valence-corrected chi connectivity index (χ3v) is 6.49. The number of allylic oxidation sites excluding steroid dienone is 1. The molecule has 35 heavy (non-hydrogen) atoms. The summed E-state index contributed by atoms with van der Waals surface area (Å²) in [6.45, 7) is 1.96. The number of hydrogen-bond donors (Lipinski definition) is 3. The van der Waals surface area contributed by atoms with Gasteiger partial charge in [-0.2, -0.15) is 0 Å². The Bertz CT molecular complexity index is 1340. The first-order chi connectivity index (χ1) is 17.0. The number of rotatable bonds is 5. The lowest BCUT2D eigenvalue weighted by molar-refractivity contribution is -0.386. The highest BCUT2D eigenvalue weighted by molar-refractivity contribution is 6.01. The molecule has 3 aromatic carbocycles. The second kappa shape index (κ2) is 9.13. The van der Waals surface area contributed by atoms with Crippen LogP contribution in [0.25, 0.3) is 0 Å². The van der Waals surface area contributed by atoms with E-state index in [1.165, 1.54) is 6.07 Å². The van der Waals surface area contributed by atoms with Gasteiger partial charge in [-0.3, -0.25) is 14.9 Å². The van der Waals surface area contributed by atoms with Gasteiger partial charge in [0, 0.05) is 23.8 Å². The molecule has 2 aliphatic rings. The average Bonchev–Trinajstić information content (AvgIpc) is 3.02. The number of hydrogen-bond acceptors (Lipinski definition) is 7. The lowest BCUT2D eigenvalue weighted by atomic mass is 9.78. The summed E-state index contributed by atoms with van der Waals surface area (Å²) in [6, 6.07) is 19.8. The maximum absolute atomic E-state index is 13.6. The molecule has 178 valence electrons. The minimum Gasteiger partial charge on any atom is -0.500 e. The number of ether oxygens (including phenoxy) is 1. The molecule has 0 radical (unpaired) electrons. The number of nitro groups is 1. The summed E-state index contributed by atoms with van der Waals surface area (Å²) in [5, 5.41) is 29.0. The number of nitrogens with one attached hydrogen (secondary N) is 2. The number of phenolic OH excluding ortho intramolecular Hbond substituents is 1. The fourth-order valence-electron chi connectivity index (χ4n) is 4.89. The molecular weight excluding hydrogens is 446 g/mol. The number of nitrogens with zero attached hydrogens (tertiary/aromatic N) is 1. The largest absolute Gasteiger partial charge is 0.500 e. The fourth-order valence-corrected chi connectivity index (χ4v) is 4.89. The molecule has 2 atom stereocenters. The number of Topliss-reactive ketones (excluding diaryl/α,β-unsaturated/α-hetero) is 1. The molecule has 5 rings (SSSR count). The van der Waals surface area contributed by atoms with E-state index < -0.39 is 22.4 Å². The Morgan fingerprint density at radius 2 is 1.74 bits per heavy atom. The average molecular weight is 472 g/mol. The fraction of sp³-hybridized carbons (Fsp3) is 0.222. The van der Waals surface area contributed by atoms with Gasteiger partial charge in [0.15, 0.2) is 11.5 Å². The van der Waals surface area contributed by atoms with Crippen LogP contribution >= 0.6 is 0 Å². The minimum atomic E-state index is -0.663. The SMILES string of the molecule is CCOc1cc([C@@H]2Nc3ccccc3NC3=C2C(=O)C[C@H](c2ccccc2)C3)cc([N+](=O)[O-])c1O. The molecule has 1 heterocycles. The molecule has 0 amide bonds. The van der Waals surface area contributed by atoms with E-state index >= 15 is 0 Å². The van der Waals surface area contributed by atoms with E-state index in [9.17, 15) is 20.0 Å². The Balaban J connectivity index is 1.66. The van der Waals surface area contributed by atoms with Crippen LogP contribution in [-0.2, 0) is 4.79 Å². The van der Waals surface area contributed by atoms with Crippen molar-refractivity contribution in [1.82, 2.24) is 0 Å². The van der Waals surface area contributed by atoms with E-state index in [2.05, 4.69) is 10.6 Å². The molecule has 1 aliphatic carbocycles. The Kier molecular flexibility index (Phi) is 5.86. The van der Waals surface area contributed by atoms with Crippen molar-refractivity contribution in [3.63, 3.8) is 0 Å². The van der Waals surface area contributed by atoms with Gasteiger partial charge in [0.05, 0.1) is 28.9 Å². The summed E-state index contributed by atoms with van der Waals surface area (Å²) in [7, 11) is 0. The van der Waals surface area contributed by atoms with E-state index in [0.29, 0.717) is 24.0 Å². The Labute approximate surface area is 202 Å². The lowest BCUT2D eigenvalue weighted by Crippen LogP contribution is -2.27. The van der Waals surface area contributed by atoms with Crippen molar-refractivity contribution in [1.29, 1.82) is 0 Å². The Hall–Kier alpha value is -4.33. The van der Waals surface area contributed by atoms with Crippen molar-refractivity contribution < 1.29 is 19.6 Å². The van der Waals surface area contributed by atoms with Gasteiger partial charge >= 0.3 is 5.69 Å². The summed E-state index contributed by atoms with van der Waals surface area (Å²) in [4.78, 5) is 24.7. The van der Waals surface area contributed by atoms with Crippen LogP contribution in [0.4, 0.5) is 17.1 Å². The van der Waals surface area contributed by atoms with Gasteiger partial charge in [-0.15, -0.1) is 0 Å². The van der Waals surface area contributed by atoms with Crippen LogP contribution in [0.3, 0.4) is 0 Å². The first kappa shape index (κ1) is 22.5. The van der Waals surface area contributed by atoms with Crippen LogP contribution < -0.4 is 15.4 Å². The summed E-state index contributed by atoms with van der Waals surface area (Å²) >= 11 is 0. The van der Waals surface area contributed by atoms with Gasteiger partial charge < -0.3 is 20.5 Å². The van der Waals surface area contributed by atoms with Crippen molar-refractivity contribution >= 4 is 22.8 Å². The molecule has 8 nitrogen and oxygen atoms in total. The molecule has 0 aromatic heterocycles. The number of carbonyl (C=O) groups is 1. The van der Waals surface area contributed by atoms with Gasteiger partial charge in [-0.1, -0.05) is 42.5 Å². The van der Waals surface area contributed by atoms with Gasteiger partial charge in [0.2, 0.25) is 5.75 Å². The monoisotopic (exact) mass is 471 g/mol. The topological polar surface area (TPSA) is 114 Å². The smallest absolute Gasteiger partial charge is 0.315 e. The van der Waals surface area contributed by atoms with Gasteiger partial charge in [-0.25, -0.2) is 0 Å². The van der Waals surface area contributed by atoms with E-state index in [1.807, 2.05) is 54.6 Å². The third kappa shape index (κ3) is 4.19. The van der Waals surface area contributed by atoms with Crippen LogP contribution in [0.1, 0.15) is 42.9 Å². The summed E-state index contributed by atoms with van der Waals surface area (Å²) in [6.07, 6.45) is 0.952. The van der Waals surface area contributed by atoms with Gasteiger partial charge in [-0.05, 0) is 48.6 Å². The maximum Gasteiger partial charge on any atom is 0.315 e. The normalized spacial score (nSPS) is 19.1. The van der Waals surface area contributed by atoms with Crippen molar-refractivity contribution in [3.8, 4) is 11.5 Å². The minimum absolute atomic E-state index is 0.0107. The number of nitro benzene ring substituents is 1. The van der Waals surface area contributed by atoms with E-state index in [-0.39, 0.29) is 24.1 Å². The zero-order valence-corrected chi connectivity index (χ0v) is 19.2. The highest BCUT2D eigenvalue weighted by Gasteiger charge is 2.37. The van der Waals surface area contributed by atoms with Crippen LogP contribution in [0.15, 0.2) is 78.0 Å². The molecule has 0 saturated carbocycles. The predicted octanol–water partition coefficient (Wildman–Crippen LogP) is 5.68. The number of fused-ring (bicyclic) bond motifs is 1. The second-order valence-electron chi connectivity index (χ2n) is 8.66. The van der Waals surface area contributed by atoms with E-state index in [1.54, 1.807) is 13.0 Å². The number of aromatic hydroxyl groups is 1. The zero-order chi connectivity index (χ0) is 24.5. The lowest BCUT2D eigenvalue weighted by Gasteiger charge is -2.30. The molecule has 1 aliphatic heterocycles. The molecule has 0 saturated heterocycles. The van der Waals surface area contributed by atoms with Gasteiger partial charge in [0.25, 0.3) is 0 Å². The number of anilines is 2. The molecule has 8 heteroatoms.